The number of anilines is 1. The highest BCUT2D eigenvalue weighted by atomic mass is 16.4. The average Bonchev–Trinajstić information content (AvgIpc) is 3.05. The van der Waals surface area contributed by atoms with Crippen LogP contribution in [0.25, 0.3) is 5.76 Å². The molecule has 1 aliphatic heterocycles. The Bertz CT molecular complexity index is 1170. The van der Waals surface area contributed by atoms with Gasteiger partial charge in [0.05, 0.1) is 17.2 Å². The molecule has 1 saturated heterocycles. The molecular weight excluding hydrogens is 382 g/mol. The van der Waals surface area contributed by atoms with Crippen molar-refractivity contribution in [1.82, 2.24) is 0 Å². The van der Waals surface area contributed by atoms with E-state index >= 15 is 0 Å². The second-order valence-corrected chi connectivity index (χ2v) is 6.80. The van der Waals surface area contributed by atoms with E-state index in [2.05, 4.69) is 0 Å². The summed E-state index contributed by atoms with van der Waals surface area (Å²) in [4.78, 5) is 38.6. The summed E-state index contributed by atoms with van der Waals surface area (Å²) in [5, 5.41) is 20.3. The molecule has 1 atom stereocenters. The first-order chi connectivity index (χ1) is 14.5. The first kappa shape index (κ1) is 19.1. The molecule has 0 aliphatic carbocycles. The van der Waals surface area contributed by atoms with Crippen LogP contribution in [0.3, 0.4) is 0 Å². The third-order valence-electron chi connectivity index (χ3n) is 4.98. The molecule has 0 aromatic heterocycles. The summed E-state index contributed by atoms with van der Waals surface area (Å²) >= 11 is 0. The molecule has 1 heterocycles. The van der Waals surface area contributed by atoms with Crippen molar-refractivity contribution in [2.45, 2.75) is 6.04 Å². The maximum absolute atomic E-state index is 13.0. The van der Waals surface area contributed by atoms with Crippen molar-refractivity contribution >= 4 is 29.1 Å². The molecule has 1 amide bonds. The lowest BCUT2D eigenvalue weighted by Gasteiger charge is -2.25. The van der Waals surface area contributed by atoms with E-state index in [9.17, 15) is 24.6 Å². The molecule has 4 rings (SSSR count). The molecule has 3 aromatic carbocycles. The topological polar surface area (TPSA) is 94.9 Å². The van der Waals surface area contributed by atoms with Crippen molar-refractivity contribution in [2.24, 2.45) is 0 Å². The van der Waals surface area contributed by atoms with Crippen molar-refractivity contribution in [3.63, 3.8) is 0 Å². The summed E-state index contributed by atoms with van der Waals surface area (Å²) < 4.78 is 0. The fraction of sp³-hybridized carbons (Fsp3) is 0.0417. The van der Waals surface area contributed by atoms with E-state index in [4.69, 9.17) is 0 Å². The SMILES string of the molecule is O=C1C(=O)N(c2cccc(C(=O)O)c2)C(c2ccccc2)/C1=C(\O)c1ccccc1. The van der Waals surface area contributed by atoms with Gasteiger partial charge in [0.15, 0.2) is 0 Å². The summed E-state index contributed by atoms with van der Waals surface area (Å²) in [7, 11) is 0. The Labute approximate surface area is 172 Å². The van der Waals surface area contributed by atoms with E-state index in [1.807, 2.05) is 0 Å². The van der Waals surface area contributed by atoms with Gasteiger partial charge in [0.2, 0.25) is 0 Å². The van der Waals surface area contributed by atoms with Gasteiger partial charge in [0, 0.05) is 11.3 Å². The van der Waals surface area contributed by atoms with Crippen LogP contribution in [0.1, 0.15) is 27.5 Å². The molecule has 0 saturated carbocycles. The average molecular weight is 399 g/mol. The normalized spacial score (nSPS) is 17.9. The minimum absolute atomic E-state index is 0.00993. The zero-order valence-corrected chi connectivity index (χ0v) is 15.7. The van der Waals surface area contributed by atoms with E-state index in [0.717, 1.165) is 0 Å². The monoisotopic (exact) mass is 399 g/mol. The van der Waals surface area contributed by atoms with Gasteiger partial charge < -0.3 is 10.2 Å². The minimum atomic E-state index is -1.14. The van der Waals surface area contributed by atoms with Crippen LogP contribution >= 0.6 is 0 Å². The molecule has 1 fully saturated rings. The number of aliphatic hydroxyl groups is 1. The number of nitrogens with zero attached hydrogens (tertiary/aromatic N) is 1. The first-order valence-electron chi connectivity index (χ1n) is 9.24. The Hall–Kier alpha value is -4.19. The van der Waals surface area contributed by atoms with E-state index in [-0.39, 0.29) is 22.6 Å². The van der Waals surface area contributed by atoms with E-state index in [1.165, 1.54) is 23.1 Å². The second kappa shape index (κ2) is 7.67. The van der Waals surface area contributed by atoms with Gasteiger partial charge in [0.1, 0.15) is 5.76 Å². The van der Waals surface area contributed by atoms with Crippen LogP contribution in [0, 0.1) is 0 Å². The number of hydrogen-bond donors (Lipinski definition) is 2. The van der Waals surface area contributed by atoms with Gasteiger partial charge in [-0.2, -0.15) is 0 Å². The number of hydrogen-bond acceptors (Lipinski definition) is 4. The molecule has 0 radical (unpaired) electrons. The molecule has 1 unspecified atom stereocenters. The minimum Gasteiger partial charge on any atom is -0.507 e. The smallest absolute Gasteiger partial charge is 0.335 e. The van der Waals surface area contributed by atoms with Gasteiger partial charge in [-0.25, -0.2) is 4.79 Å². The van der Waals surface area contributed by atoms with Crippen LogP contribution in [0.5, 0.6) is 0 Å². The number of aliphatic hydroxyl groups excluding tert-OH is 1. The molecule has 3 aromatic rings. The highest BCUT2D eigenvalue weighted by Crippen LogP contribution is 2.42. The number of ketones is 1. The number of benzene rings is 3. The Kier molecular flexibility index (Phi) is 4.90. The summed E-state index contributed by atoms with van der Waals surface area (Å²) in [5.74, 6) is -3.08. The van der Waals surface area contributed by atoms with Crippen LogP contribution in [-0.4, -0.2) is 27.9 Å². The molecule has 2 N–H and O–H groups in total. The summed E-state index contributed by atoms with van der Waals surface area (Å²) in [6, 6.07) is 22.3. The van der Waals surface area contributed by atoms with E-state index < -0.39 is 23.7 Å². The van der Waals surface area contributed by atoms with Gasteiger partial charge in [-0.05, 0) is 23.8 Å². The predicted octanol–water partition coefficient (Wildman–Crippen LogP) is 4.01. The summed E-state index contributed by atoms with van der Waals surface area (Å²) in [6.07, 6.45) is 0. The van der Waals surface area contributed by atoms with Crippen LogP contribution in [0.15, 0.2) is 90.5 Å². The number of carbonyl (C=O) groups excluding carboxylic acids is 2. The lowest BCUT2D eigenvalue weighted by Crippen LogP contribution is -2.29. The van der Waals surface area contributed by atoms with Crippen molar-refractivity contribution in [3.8, 4) is 0 Å². The Morgan fingerprint density at radius 2 is 1.37 bits per heavy atom. The van der Waals surface area contributed by atoms with Crippen LogP contribution in [0.4, 0.5) is 5.69 Å². The van der Waals surface area contributed by atoms with Crippen LogP contribution in [-0.2, 0) is 9.59 Å². The molecule has 148 valence electrons. The van der Waals surface area contributed by atoms with E-state index in [0.29, 0.717) is 11.1 Å². The van der Waals surface area contributed by atoms with Gasteiger partial charge in [-0.1, -0.05) is 66.7 Å². The maximum atomic E-state index is 13.0. The summed E-state index contributed by atoms with van der Waals surface area (Å²) in [6.45, 7) is 0. The number of aromatic carboxylic acids is 1. The second-order valence-electron chi connectivity index (χ2n) is 6.80. The lowest BCUT2D eigenvalue weighted by molar-refractivity contribution is -0.132. The van der Waals surface area contributed by atoms with E-state index in [1.54, 1.807) is 66.7 Å². The Balaban J connectivity index is 1.95. The first-order valence-corrected chi connectivity index (χ1v) is 9.24. The van der Waals surface area contributed by atoms with Gasteiger partial charge in [0.25, 0.3) is 11.7 Å². The maximum Gasteiger partial charge on any atom is 0.335 e. The molecule has 30 heavy (non-hydrogen) atoms. The Morgan fingerprint density at radius 3 is 2.00 bits per heavy atom. The largest absolute Gasteiger partial charge is 0.507 e. The highest BCUT2D eigenvalue weighted by molar-refractivity contribution is 6.51. The number of amides is 1. The number of rotatable bonds is 4. The Morgan fingerprint density at radius 1 is 0.767 bits per heavy atom. The van der Waals surface area contributed by atoms with Gasteiger partial charge in [-0.3, -0.25) is 14.5 Å². The van der Waals surface area contributed by atoms with Crippen molar-refractivity contribution in [1.29, 1.82) is 0 Å². The third kappa shape index (κ3) is 3.24. The summed E-state index contributed by atoms with van der Waals surface area (Å²) in [5.41, 5.74) is 1.24. The number of carbonyl (C=O) groups is 3. The molecule has 0 spiro atoms. The zero-order valence-electron chi connectivity index (χ0n) is 15.7. The van der Waals surface area contributed by atoms with Gasteiger partial charge >= 0.3 is 5.97 Å². The van der Waals surface area contributed by atoms with Crippen LogP contribution in [0.2, 0.25) is 0 Å². The molecule has 0 bridgehead atoms. The number of carboxylic acids is 1. The molecule has 6 heteroatoms. The fourth-order valence-corrected chi connectivity index (χ4v) is 3.59. The third-order valence-corrected chi connectivity index (χ3v) is 4.98. The molecular formula is C24H17NO5. The molecule has 1 aliphatic rings. The zero-order chi connectivity index (χ0) is 21.3. The number of Topliss-reactive ketones (excluding diaryl/α,β-unsaturated/α-hetero) is 1. The molecule has 6 nitrogen and oxygen atoms in total. The quantitative estimate of drug-likeness (QED) is 0.393. The van der Waals surface area contributed by atoms with Crippen molar-refractivity contribution in [3.05, 3.63) is 107 Å². The lowest BCUT2D eigenvalue weighted by atomic mass is 9.95. The van der Waals surface area contributed by atoms with Crippen molar-refractivity contribution < 1.29 is 24.6 Å². The predicted molar refractivity (Wildman–Crippen MR) is 111 cm³/mol. The van der Waals surface area contributed by atoms with Crippen molar-refractivity contribution in [2.75, 3.05) is 4.90 Å². The standard InChI is InChI=1S/C24H17NO5/c26-21(16-10-5-2-6-11-16)19-20(15-8-3-1-4-9-15)25(23(28)22(19)27)18-13-7-12-17(14-18)24(29)30/h1-14,20,26H,(H,29,30)/b21-19+. The number of carboxylic acid groups (broad SMARTS) is 1. The van der Waals surface area contributed by atoms with Gasteiger partial charge in [-0.15, -0.1) is 0 Å². The highest BCUT2D eigenvalue weighted by Gasteiger charge is 2.47. The fourth-order valence-electron chi connectivity index (χ4n) is 3.59. The van der Waals surface area contributed by atoms with Crippen LogP contribution < -0.4 is 4.90 Å².